The van der Waals surface area contributed by atoms with E-state index in [0.29, 0.717) is 0 Å². The van der Waals surface area contributed by atoms with Gasteiger partial charge in [0.1, 0.15) is 6.07 Å². The number of likely N-dealkylation sites (N-methyl/N-ethyl adjacent to an activating group) is 1. The molecule has 0 saturated carbocycles. The molecular weight excluding hydrogens is 234 g/mol. The summed E-state index contributed by atoms with van der Waals surface area (Å²) in [5.74, 6) is 0. The summed E-state index contributed by atoms with van der Waals surface area (Å²) in [6.45, 7) is 4.51. The van der Waals surface area contributed by atoms with Crippen molar-refractivity contribution >= 4 is 11.3 Å². The highest BCUT2D eigenvalue weighted by Crippen LogP contribution is 2.12. The van der Waals surface area contributed by atoms with Crippen molar-refractivity contribution < 1.29 is 4.74 Å². The summed E-state index contributed by atoms with van der Waals surface area (Å²) in [6.07, 6.45) is 0. The number of ether oxygens (including phenoxy) is 1. The summed E-state index contributed by atoms with van der Waals surface area (Å²) in [5, 5.41) is 14.0. The highest BCUT2D eigenvalue weighted by molar-refractivity contribution is 7.10. The number of methoxy groups -OCH3 is 1. The SMILES string of the molecule is COCCN(C)CCNCc1cc(C#N)cs1. The summed E-state index contributed by atoms with van der Waals surface area (Å²) in [4.78, 5) is 3.44. The molecule has 4 nitrogen and oxygen atoms in total. The minimum absolute atomic E-state index is 0.754. The predicted octanol–water partition coefficient (Wildman–Crippen LogP) is 1.29. The summed E-state index contributed by atoms with van der Waals surface area (Å²) in [5.41, 5.74) is 0.754. The van der Waals surface area contributed by atoms with E-state index in [1.54, 1.807) is 18.4 Å². The van der Waals surface area contributed by atoms with Crippen LogP contribution in [0.2, 0.25) is 0 Å². The third kappa shape index (κ3) is 5.80. The lowest BCUT2D eigenvalue weighted by Crippen LogP contribution is -2.31. The monoisotopic (exact) mass is 253 g/mol. The van der Waals surface area contributed by atoms with Gasteiger partial charge in [-0.05, 0) is 13.1 Å². The molecule has 0 atom stereocenters. The van der Waals surface area contributed by atoms with Gasteiger partial charge in [0.05, 0.1) is 12.2 Å². The molecule has 1 rings (SSSR count). The Kier molecular flexibility index (Phi) is 6.82. The molecule has 1 N–H and O–H groups in total. The molecule has 0 fully saturated rings. The third-order valence-corrected chi connectivity index (χ3v) is 3.37. The van der Waals surface area contributed by atoms with E-state index in [1.165, 1.54) is 4.88 Å². The van der Waals surface area contributed by atoms with Gasteiger partial charge in [-0.1, -0.05) is 0 Å². The van der Waals surface area contributed by atoms with Gasteiger partial charge in [-0.3, -0.25) is 0 Å². The van der Waals surface area contributed by atoms with Crippen molar-refractivity contribution in [3.8, 4) is 6.07 Å². The molecule has 94 valence electrons. The largest absolute Gasteiger partial charge is 0.383 e. The summed E-state index contributed by atoms with van der Waals surface area (Å²) in [7, 11) is 3.80. The van der Waals surface area contributed by atoms with Gasteiger partial charge in [0.25, 0.3) is 0 Å². The first-order chi connectivity index (χ1) is 8.26. The van der Waals surface area contributed by atoms with Gasteiger partial charge in [-0.15, -0.1) is 11.3 Å². The fourth-order valence-electron chi connectivity index (χ4n) is 1.37. The Labute approximate surface area is 107 Å². The zero-order chi connectivity index (χ0) is 12.5. The molecule has 1 heterocycles. The Morgan fingerprint density at radius 2 is 2.35 bits per heavy atom. The molecular formula is C12H19N3OS. The zero-order valence-corrected chi connectivity index (χ0v) is 11.2. The van der Waals surface area contributed by atoms with E-state index >= 15 is 0 Å². The number of hydrogen-bond donors (Lipinski definition) is 1. The van der Waals surface area contributed by atoms with Crippen molar-refractivity contribution in [3.05, 3.63) is 21.9 Å². The van der Waals surface area contributed by atoms with Crippen LogP contribution in [-0.4, -0.2) is 45.3 Å². The van der Waals surface area contributed by atoms with E-state index < -0.39 is 0 Å². The second-order valence-corrected chi connectivity index (χ2v) is 4.88. The number of nitriles is 1. The van der Waals surface area contributed by atoms with Crippen molar-refractivity contribution in [3.63, 3.8) is 0 Å². The Balaban J connectivity index is 2.10. The highest BCUT2D eigenvalue weighted by atomic mass is 32.1. The van der Waals surface area contributed by atoms with Crippen LogP contribution in [0.15, 0.2) is 11.4 Å². The van der Waals surface area contributed by atoms with Gasteiger partial charge in [0.15, 0.2) is 0 Å². The summed E-state index contributed by atoms with van der Waals surface area (Å²) < 4.78 is 5.01. The lowest BCUT2D eigenvalue weighted by Gasteiger charge is -2.15. The second kappa shape index (κ2) is 8.20. The van der Waals surface area contributed by atoms with Crippen LogP contribution in [-0.2, 0) is 11.3 Å². The molecule has 1 aromatic heterocycles. The van der Waals surface area contributed by atoms with E-state index in [4.69, 9.17) is 10.00 Å². The third-order valence-electron chi connectivity index (χ3n) is 2.43. The van der Waals surface area contributed by atoms with Crippen LogP contribution in [0.25, 0.3) is 0 Å². The fourth-order valence-corrected chi connectivity index (χ4v) is 2.15. The molecule has 0 amide bonds. The molecule has 0 aromatic carbocycles. The van der Waals surface area contributed by atoms with Crippen molar-refractivity contribution in [1.82, 2.24) is 10.2 Å². The van der Waals surface area contributed by atoms with Crippen molar-refractivity contribution in [2.24, 2.45) is 0 Å². The van der Waals surface area contributed by atoms with Gasteiger partial charge < -0.3 is 15.0 Å². The molecule has 1 aromatic rings. The van der Waals surface area contributed by atoms with Crippen LogP contribution in [0.3, 0.4) is 0 Å². The first-order valence-corrected chi connectivity index (χ1v) is 6.50. The van der Waals surface area contributed by atoms with Crippen LogP contribution in [0.1, 0.15) is 10.4 Å². The summed E-state index contributed by atoms with van der Waals surface area (Å²) >= 11 is 1.63. The maximum atomic E-state index is 8.70. The normalized spacial score (nSPS) is 10.7. The standard InChI is InChI=1S/C12H19N3OS/c1-15(5-6-16-2)4-3-14-9-12-7-11(8-13)10-17-12/h7,10,14H,3-6,9H2,1-2H3. The highest BCUT2D eigenvalue weighted by Gasteiger charge is 2.00. The number of nitrogens with one attached hydrogen (secondary N) is 1. The molecule has 0 aliphatic carbocycles. The Hall–Kier alpha value is -0.930. The molecule has 0 unspecified atom stereocenters. The molecule has 0 bridgehead atoms. The lowest BCUT2D eigenvalue weighted by atomic mass is 10.3. The van der Waals surface area contributed by atoms with Crippen LogP contribution >= 0.6 is 11.3 Å². The van der Waals surface area contributed by atoms with Gasteiger partial charge in [0.2, 0.25) is 0 Å². The lowest BCUT2D eigenvalue weighted by molar-refractivity contribution is 0.161. The zero-order valence-electron chi connectivity index (χ0n) is 10.4. The Morgan fingerprint density at radius 1 is 1.53 bits per heavy atom. The number of rotatable bonds is 8. The average molecular weight is 253 g/mol. The van der Waals surface area contributed by atoms with E-state index in [0.717, 1.165) is 38.3 Å². The maximum absolute atomic E-state index is 8.70. The Morgan fingerprint density at radius 3 is 3.00 bits per heavy atom. The smallest absolute Gasteiger partial charge is 0.100 e. The molecule has 0 aliphatic heterocycles. The molecule has 0 saturated heterocycles. The van der Waals surface area contributed by atoms with Crippen LogP contribution in [0, 0.1) is 11.3 Å². The van der Waals surface area contributed by atoms with Crippen molar-refractivity contribution in [2.75, 3.05) is 40.4 Å². The maximum Gasteiger partial charge on any atom is 0.100 e. The van der Waals surface area contributed by atoms with Gasteiger partial charge in [-0.2, -0.15) is 5.26 Å². The molecule has 0 radical (unpaired) electrons. The molecule has 0 spiro atoms. The minimum atomic E-state index is 0.754. The van der Waals surface area contributed by atoms with E-state index in [9.17, 15) is 0 Å². The van der Waals surface area contributed by atoms with Crippen LogP contribution in [0.5, 0.6) is 0 Å². The number of nitrogens with zero attached hydrogens (tertiary/aromatic N) is 2. The van der Waals surface area contributed by atoms with E-state index in [2.05, 4.69) is 23.3 Å². The molecule has 17 heavy (non-hydrogen) atoms. The van der Waals surface area contributed by atoms with E-state index in [-0.39, 0.29) is 0 Å². The van der Waals surface area contributed by atoms with Gasteiger partial charge in [0, 0.05) is 43.5 Å². The van der Waals surface area contributed by atoms with E-state index in [1.807, 2.05) is 11.4 Å². The second-order valence-electron chi connectivity index (χ2n) is 3.89. The first-order valence-electron chi connectivity index (χ1n) is 5.62. The molecule has 5 heteroatoms. The number of hydrogen-bond acceptors (Lipinski definition) is 5. The van der Waals surface area contributed by atoms with Crippen molar-refractivity contribution in [2.45, 2.75) is 6.54 Å². The van der Waals surface area contributed by atoms with Crippen LogP contribution < -0.4 is 5.32 Å². The molecule has 0 aliphatic rings. The minimum Gasteiger partial charge on any atom is -0.383 e. The first kappa shape index (κ1) is 14.1. The van der Waals surface area contributed by atoms with Gasteiger partial charge >= 0.3 is 0 Å². The summed E-state index contributed by atoms with van der Waals surface area (Å²) in [6, 6.07) is 4.08. The topological polar surface area (TPSA) is 48.3 Å². The number of thiophene rings is 1. The predicted molar refractivity (Wildman–Crippen MR) is 70.1 cm³/mol. The van der Waals surface area contributed by atoms with Crippen LogP contribution in [0.4, 0.5) is 0 Å². The fraction of sp³-hybridized carbons (Fsp3) is 0.583. The average Bonchev–Trinajstić information content (AvgIpc) is 2.80. The quantitative estimate of drug-likeness (QED) is 0.709. The Bertz CT molecular complexity index is 359. The van der Waals surface area contributed by atoms with Crippen molar-refractivity contribution in [1.29, 1.82) is 5.26 Å². The van der Waals surface area contributed by atoms with Gasteiger partial charge in [-0.25, -0.2) is 0 Å².